The minimum absolute atomic E-state index is 0. The summed E-state index contributed by atoms with van der Waals surface area (Å²) in [5, 5.41) is 0. The molecule has 6 aromatic rings. The molecule has 6 rings (SSSR count). The summed E-state index contributed by atoms with van der Waals surface area (Å²) in [6.45, 7) is 44.7. The van der Waals surface area contributed by atoms with Gasteiger partial charge in [0.1, 0.15) is 25.4 Å². The van der Waals surface area contributed by atoms with Gasteiger partial charge in [0.25, 0.3) is 0 Å². The van der Waals surface area contributed by atoms with Crippen LogP contribution in [0.5, 0.6) is 5.75 Å². The van der Waals surface area contributed by atoms with Gasteiger partial charge in [-0.3, -0.25) is 4.98 Å². The number of aryl methyl sites for hydroxylation is 5. The van der Waals surface area contributed by atoms with Crippen molar-refractivity contribution < 1.29 is 26.7 Å². The van der Waals surface area contributed by atoms with Crippen LogP contribution in [0.15, 0.2) is 68.4 Å². The predicted molar refractivity (Wildman–Crippen MR) is 325 cm³/mol. The Labute approximate surface area is 481 Å². The number of methoxy groups -OCH3 is 1. The van der Waals surface area contributed by atoms with E-state index >= 15 is 0 Å². The maximum absolute atomic E-state index is 14.7. The zero-order chi connectivity index (χ0) is 56.7. The minimum atomic E-state index is -0.967. The average Bonchev–Trinajstić information content (AvgIpc) is 3.24. The number of benzene rings is 2. The van der Waals surface area contributed by atoms with Gasteiger partial charge in [-0.15, -0.1) is 0 Å². The van der Waals surface area contributed by atoms with Gasteiger partial charge in [0.15, 0.2) is 23.2 Å². The summed E-state index contributed by atoms with van der Waals surface area (Å²) >= 11 is 9.80. The molecule has 0 aliphatic heterocycles. The minimum Gasteiger partial charge on any atom is -0.494 e. The lowest BCUT2D eigenvalue weighted by Gasteiger charge is -2.22. The van der Waals surface area contributed by atoms with E-state index in [4.69, 9.17) is 4.74 Å². The van der Waals surface area contributed by atoms with E-state index in [1.165, 1.54) is 35.1 Å². The summed E-state index contributed by atoms with van der Waals surface area (Å²) in [4.78, 5) is 17.4. The Morgan fingerprint density at radius 1 is 0.421 bits per heavy atom. The summed E-state index contributed by atoms with van der Waals surface area (Å²) in [5.74, 6) is -2.70. The molecule has 13 heteroatoms. The maximum Gasteiger partial charge on any atom is 0.197 e. The van der Waals surface area contributed by atoms with Crippen molar-refractivity contribution in [1.82, 2.24) is 19.9 Å². The Morgan fingerprint density at radius 3 is 1.36 bits per heavy atom. The fourth-order valence-electron chi connectivity index (χ4n) is 7.09. The smallest absolute Gasteiger partial charge is 0.197 e. The van der Waals surface area contributed by atoms with Crippen LogP contribution in [0.25, 0.3) is 11.1 Å². The second-order valence-electron chi connectivity index (χ2n) is 23.5. The normalized spacial score (nSPS) is 11.3. The number of rotatable bonds is 2. The number of pyridine rings is 4. The fraction of sp³-hybridized carbons (Fsp3) is 0.492. The van der Waals surface area contributed by atoms with Crippen LogP contribution in [0.1, 0.15) is 194 Å². The van der Waals surface area contributed by atoms with Gasteiger partial charge >= 0.3 is 0 Å². The lowest BCUT2D eigenvalue weighted by Crippen LogP contribution is -2.17. The van der Waals surface area contributed by atoms with Gasteiger partial charge in [0, 0.05) is 50.4 Å². The van der Waals surface area contributed by atoms with Gasteiger partial charge in [-0.25, -0.2) is 32.5 Å². The predicted octanol–water partition coefficient (Wildman–Crippen LogP) is 21.2. The maximum atomic E-state index is 14.7. The molecular formula is C63H90Br3F5N4O. The molecule has 0 saturated heterocycles. The molecule has 0 spiro atoms. The number of aromatic nitrogens is 4. The molecule has 0 radical (unpaired) electrons. The van der Waals surface area contributed by atoms with Crippen molar-refractivity contribution in [1.29, 1.82) is 0 Å². The third kappa shape index (κ3) is 21.0. The van der Waals surface area contributed by atoms with E-state index < -0.39 is 17.5 Å². The zero-order valence-corrected chi connectivity index (χ0v) is 52.2. The van der Waals surface area contributed by atoms with E-state index in [-0.39, 0.29) is 71.3 Å². The van der Waals surface area contributed by atoms with Crippen LogP contribution in [-0.4, -0.2) is 27.0 Å². The highest BCUT2D eigenvalue weighted by molar-refractivity contribution is 9.11. The lowest BCUT2D eigenvalue weighted by molar-refractivity contribution is 0.380. The van der Waals surface area contributed by atoms with Crippen molar-refractivity contribution in [2.45, 2.75) is 202 Å². The van der Waals surface area contributed by atoms with Crippen LogP contribution in [0, 0.1) is 77.6 Å². The second kappa shape index (κ2) is 29.2. The van der Waals surface area contributed by atoms with Crippen molar-refractivity contribution in [2.75, 3.05) is 7.11 Å². The fourth-order valence-corrected chi connectivity index (χ4v) is 8.50. The Morgan fingerprint density at radius 2 is 0.895 bits per heavy atom. The van der Waals surface area contributed by atoms with Crippen LogP contribution < -0.4 is 4.74 Å². The molecule has 4 aromatic heterocycles. The van der Waals surface area contributed by atoms with Crippen molar-refractivity contribution in [3.63, 3.8) is 0 Å². The van der Waals surface area contributed by atoms with Gasteiger partial charge < -0.3 is 4.74 Å². The number of halogens is 8. The van der Waals surface area contributed by atoms with E-state index in [2.05, 4.69) is 156 Å². The first-order valence-electron chi connectivity index (χ1n) is 24.1. The number of ether oxygens (including phenoxy) is 1. The molecule has 2 aromatic carbocycles. The number of nitrogens with zero attached hydrogens (tertiary/aromatic N) is 4. The first-order valence-corrected chi connectivity index (χ1v) is 26.5. The van der Waals surface area contributed by atoms with Crippen molar-refractivity contribution in [3.8, 4) is 16.9 Å². The first kappa shape index (κ1) is 74.0. The molecule has 0 fully saturated rings. The SMILES string of the molecule is C.C.C.COc1cc(C(C)(C)C)nc(Br)c1F.Cc1cc(Br)nc(C(C)(C)C)c1F.Cc1cc(C(C)(C)C)nc(Br)c1C.Cc1cc(C)c(C)c(C(C)(C)C)n1.Cc1cc(F)c(F)cc1-c1cccc(C(C)(C)C)c1F. The van der Waals surface area contributed by atoms with E-state index in [0.29, 0.717) is 38.1 Å². The highest BCUT2D eigenvalue weighted by Gasteiger charge is 2.25. The number of hydrogen-bond donors (Lipinski definition) is 0. The van der Waals surface area contributed by atoms with E-state index in [9.17, 15) is 22.0 Å². The molecule has 0 aliphatic rings. The van der Waals surface area contributed by atoms with Gasteiger partial charge in [0.05, 0.1) is 18.5 Å². The Bertz CT molecular complexity index is 2780. The quantitative estimate of drug-likeness (QED) is 0.128. The topological polar surface area (TPSA) is 60.8 Å². The highest BCUT2D eigenvalue weighted by Crippen LogP contribution is 2.35. The van der Waals surface area contributed by atoms with Crippen LogP contribution in [0.4, 0.5) is 22.0 Å². The summed E-state index contributed by atoms with van der Waals surface area (Å²) in [5.41, 5.74) is 11.9. The summed E-state index contributed by atoms with van der Waals surface area (Å²) in [6.07, 6.45) is 0. The van der Waals surface area contributed by atoms with Crippen LogP contribution in [0.2, 0.25) is 0 Å². The highest BCUT2D eigenvalue weighted by atomic mass is 79.9. The Kier molecular flexibility index (Phi) is 28.5. The lowest BCUT2D eigenvalue weighted by atomic mass is 9.84. The molecule has 424 valence electrons. The Hall–Kier alpha value is -4.07. The van der Waals surface area contributed by atoms with Crippen LogP contribution in [-0.2, 0) is 27.1 Å². The molecule has 0 unspecified atom stereocenters. The molecular weight excluding hydrogens is 1160 g/mol. The molecule has 5 nitrogen and oxygen atoms in total. The van der Waals surface area contributed by atoms with E-state index in [1.54, 1.807) is 44.2 Å². The van der Waals surface area contributed by atoms with E-state index in [1.807, 2.05) is 62.3 Å². The second-order valence-corrected chi connectivity index (χ2v) is 25.8. The molecule has 0 bridgehead atoms. The van der Waals surface area contributed by atoms with Gasteiger partial charge in [-0.2, -0.15) is 4.39 Å². The van der Waals surface area contributed by atoms with Gasteiger partial charge in [-0.1, -0.05) is 144 Å². The Balaban J connectivity index is 0. The monoisotopic (exact) mass is 1250 g/mol. The molecule has 76 heavy (non-hydrogen) atoms. The van der Waals surface area contributed by atoms with Gasteiger partial charge in [0.2, 0.25) is 0 Å². The third-order valence-electron chi connectivity index (χ3n) is 11.7. The molecule has 0 atom stereocenters. The average molecular weight is 1250 g/mol. The number of hydrogen-bond acceptors (Lipinski definition) is 5. The summed E-state index contributed by atoms with van der Waals surface area (Å²) < 4.78 is 74.9. The molecule has 4 heterocycles. The standard InChI is InChI=1S/C17H17F3.C12H19N.C11H16BrN.C10H13BrFNO.C10H13BrFN.3CH4/c1-10-8-14(18)15(19)9-12(10)11-6-5-7-13(16(11)20)17(2,3)4;1-8-7-9(2)13-11(10(8)3)12(4,5)6;1-7-6-9(11(3,4)5)13-10(12)8(7)2;1-10(2,3)7-5-6(14-4)8(12)9(11)13-7;1-6-5-7(11)13-9(8(6)12)10(2,3)4;;;/h5-9H,1-4H3;7H,1-6H3;6H,1-5H3;5H,1-4H3;5H,1-4H3;3*1H4. The zero-order valence-electron chi connectivity index (χ0n) is 47.4. The van der Waals surface area contributed by atoms with Crippen LogP contribution >= 0.6 is 47.8 Å². The molecule has 0 N–H and O–H groups in total. The summed E-state index contributed by atoms with van der Waals surface area (Å²) in [6, 6.07) is 14.8. The van der Waals surface area contributed by atoms with Crippen molar-refractivity contribution in [2.24, 2.45) is 0 Å². The van der Waals surface area contributed by atoms with Crippen molar-refractivity contribution >= 4 is 47.8 Å². The van der Waals surface area contributed by atoms with Crippen molar-refractivity contribution in [3.05, 3.63) is 165 Å². The largest absolute Gasteiger partial charge is 0.494 e. The molecule has 0 aliphatic carbocycles. The third-order valence-corrected chi connectivity index (χ3v) is 13.4. The first-order chi connectivity index (χ1) is 33.0. The van der Waals surface area contributed by atoms with Gasteiger partial charge in [-0.05, 0) is 177 Å². The summed E-state index contributed by atoms with van der Waals surface area (Å²) in [7, 11) is 1.44. The van der Waals surface area contributed by atoms with Crippen LogP contribution in [0.3, 0.4) is 0 Å². The molecule has 0 saturated carbocycles. The molecule has 0 amide bonds. The van der Waals surface area contributed by atoms with E-state index in [0.717, 1.165) is 33.8 Å².